The van der Waals surface area contributed by atoms with Crippen LogP contribution < -0.4 is 5.32 Å². The van der Waals surface area contributed by atoms with E-state index in [0.29, 0.717) is 19.3 Å². The molecule has 2 fully saturated rings. The zero-order valence-electron chi connectivity index (χ0n) is 12.7. The van der Waals surface area contributed by atoms with Gasteiger partial charge in [0.05, 0.1) is 25.9 Å². The summed E-state index contributed by atoms with van der Waals surface area (Å²) in [7, 11) is 1.70. The van der Waals surface area contributed by atoms with Crippen LogP contribution in [-0.4, -0.2) is 75.3 Å². The summed E-state index contributed by atoms with van der Waals surface area (Å²) in [5.41, 5.74) is 0. The number of hydrogen-bond donors (Lipinski definition) is 2. The third-order valence-electron chi connectivity index (χ3n) is 4.51. The molecule has 1 saturated heterocycles. The number of aliphatic hydroxyl groups excluding tert-OH is 1. The van der Waals surface area contributed by atoms with Gasteiger partial charge in [-0.25, -0.2) is 0 Å². The molecule has 0 spiro atoms. The fraction of sp³-hybridized carbons (Fsp3) is 1.00. The van der Waals surface area contributed by atoms with E-state index >= 15 is 0 Å². The zero-order chi connectivity index (χ0) is 14.2. The number of hydrogen-bond acceptors (Lipinski definition) is 5. The summed E-state index contributed by atoms with van der Waals surface area (Å²) in [5, 5.41) is 13.0. The van der Waals surface area contributed by atoms with E-state index in [4.69, 9.17) is 9.47 Å². The van der Waals surface area contributed by atoms with E-state index < -0.39 is 0 Å². The molecule has 0 radical (unpaired) electrons. The van der Waals surface area contributed by atoms with Crippen LogP contribution in [0.15, 0.2) is 0 Å². The third kappa shape index (κ3) is 5.30. The van der Waals surface area contributed by atoms with Crippen LogP contribution in [0.2, 0.25) is 0 Å². The predicted molar refractivity (Wildman–Crippen MR) is 78.9 cm³/mol. The maximum Gasteiger partial charge on any atom is 0.0700 e. The molecule has 1 aliphatic carbocycles. The molecule has 2 rings (SSSR count). The number of nitrogens with one attached hydrogen (secondary N) is 1. The molecule has 1 saturated carbocycles. The lowest BCUT2D eigenvalue weighted by molar-refractivity contribution is -0.0214. The second kappa shape index (κ2) is 8.95. The Morgan fingerprint density at radius 1 is 1.15 bits per heavy atom. The monoisotopic (exact) mass is 286 g/mol. The molecule has 0 aromatic rings. The van der Waals surface area contributed by atoms with E-state index in [0.717, 1.165) is 51.5 Å². The number of methoxy groups -OCH3 is 1. The van der Waals surface area contributed by atoms with Crippen LogP contribution in [0.25, 0.3) is 0 Å². The number of aliphatic hydroxyl groups is 1. The first-order chi connectivity index (χ1) is 9.79. The van der Waals surface area contributed by atoms with Gasteiger partial charge < -0.3 is 19.9 Å². The Kier molecular flexibility index (Phi) is 7.24. The van der Waals surface area contributed by atoms with Gasteiger partial charge in [-0.1, -0.05) is 0 Å². The summed E-state index contributed by atoms with van der Waals surface area (Å²) in [6.45, 7) is 6.53. The number of rotatable bonds is 9. The Hall–Kier alpha value is -0.200. The first-order valence-electron chi connectivity index (χ1n) is 7.99. The highest BCUT2D eigenvalue weighted by Gasteiger charge is 2.33. The molecule has 20 heavy (non-hydrogen) atoms. The van der Waals surface area contributed by atoms with E-state index in [9.17, 15) is 5.11 Å². The van der Waals surface area contributed by atoms with Crippen LogP contribution in [0.4, 0.5) is 0 Å². The first kappa shape index (κ1) is 16.2. The maximum atomic E-state index is 9.53. The largest absolute Gasteiger partial charge is 0.393 e. The highest BCUT2D eigenvalue weighted by molar-refractivity contribution is 4.88. The van der Waals surface area contributed by atoms with Gasteiger partial charge >= 0.3 is 0 Å². The van der Waals surface area contributed by atoms with Crippen molar-refractivity contribution in [3.05, 3.63) is 0 Å². The lowest BCUT2D eigenvalue weighted by Crippen LogP contribution is -2.50. The first-order valence-corrected chi connectivity index (χ1v) is 7.99. The number of piperidine rings is 1. The predicted octanol–water partition coefficient (Wildman–Crippen LogP) is 0.474. The number of ether oxygens (including phenoxy) is 2. The van der Waals surface area contributed by atoms with Gasteiger partial charge in [0.25, 0.3) is 0 Å². The fourth-order valence-electron chi connectivity index (χ4n) is 3.10. The molecule has 0 aromatic carbocycles. The highest BCUT2D eigenvalue weighted by atomic mass is 16.5. The van der Waals surface area contributed by atoms with Crippen LogP contribution in [0, 0.1) is 5.92 Å². The van der Waals surface area contributed by atoms with E-state index in [1.165, 1.54) is 12.8 Å². The SMILES string of the molecule is COCCOCCN(CC1CCNCC1)C1CC(O)C1. The van der Waals surface area contributed by atoms with Crippen LogP contribution in [0.3, 0.4) is 0 Å². The van der Waals surface area contributed by atoms with Crippen molar-refractivity contribution in [2.24, 2.45) is 5.92 Å². The molecule has 2 N–H and O–H groups in total. The Bertz CT molecular complexity index is 254. The third-order valence-corrected chi connectivity index (χ3v) is 4.51. The minimum atomic E-state index is -0.0788. The molecular formula is C15H30N2O3. The van der Waals surface area contributed by atoms with Gasteiger partial charge in [0, 0.05) is 26.2 Å². The van der Waals surface area contributed by atoms with Crippen molar-refractivity contribution in [1.29, 1.82) is 0 Å². The normalized spacial score (nSPS) is 27.8. The van der Waals surface area contributed by atoms with Gasteiger partial charge in [0.2, 0.25) is 0 Å². The second-order valence-corrected chi connectivity index (χ2v) is 6.07. The lowest BCUT2D eigenvalue weighted by atomic mass is 9.86. The summed E-state index contributed by atoms with van der Waals surface area (Å²) in [6.07, 6.45) is 4.34. The van der Waals surface area contributed by atoms with Crippen molar-refractivity contribution >= 4 is 0 Å². The van der Waals surface area contributed by atoms with Crippen molar-refractivity contribution < 1.29 is 14.6 Å². The molecule has 5 heteroatoms. The number of nitrogens with zero attached hydrogens (tertiary/aromatic N) is 1. The lowest BCUT2D eigenvalue weighted by Gasteiger charge is -2.42. The van der Waals surface area contributed by atoms with Crippen molar-refractivity contribution in [2.45, 2.75) is 37.8 Å². The van der Waals surface area contributed by atoms with Crippen LogP contribution in [0.1, 0.15) is 25.7 Å². The molecular weight excluding hydrogens is 256 g/mol. The zero-order valence-corrected chi connectivity index (χ0v) is 12.7. The Morgan fingerprint density at radius 2 is 1.90 bits per heavy atom. The molecule has 5 nitrogen and oxygen atoms in total. The minimum absolute atomic E-state index is 0.0788. The van der Waals surface area contributed by atoms with Crippen molar-refractivity contribution in [2.75, 3.05) is 53.1 Å². The molecule has 0 unspecified atom stereocenters. The van der Waals surface area contributed by atoms with E-state index in [1.54, 1.807) is 7.11 Å². The molecule has 0 bridgehead atoms. The van der Waals surface area contributed by atoms with Crippen LogP contribution in [0.5, 0.6) is 0 Å². The van der Waals surface area contributed by atoms with Crippen LogP contribution >= 0.6 is 0 Å². The van der Waals surface area contributed by atoms with Crippen molar-refractivity contribution in [3.63, 3.8) is 0 Å². The molecule has 0 aromatic heterocycles. The Labute approximate surface area is 122 Å². The molecule has 1 heterocycles. The maximum absolute atomic E-state index is 9.53. The topological polar surface area (TPSA) is 54.0 Å². The average Bonchev–Trinajstić information content (AvgIpc) is 2.44. The summed E-state index contributed by atoms with van der Waals surface area (Å²) in [4.78, 5) is 2.54. The quantitative estimate of drug-likeness (QED) is 0.604. The average molecular weight is 286 g/mol. The molecule has 118 valence electrons. The summed E-state index contributed by atoms with van der Waals surface area (Å²) in [6, 6.07) is 0.561. The van der Waals surface area contributed by atoms with Crippen LogP contribution in [-0.2, 0) is 9.47 Å². The molecule has 0 atom stereocenters. The van der Waals surface area contributed by atoms with Gasteiger partial charge in [0.15, 0.2) is 0 Å². The summed E-state index contributed by atoms with van der Waals surface area (Å²) < 4.78 is 10.6. The smallest absolute Gasteiger partial charge is 0.0700 e. The van der Waals surface area contributed by atoms with E-state index in [2.05, 4.69) is 10.2 Å². The van der Waals surface area contributed by atoms with Gasteiger partial charge in [-0.3, -0.25) is 4.90 Å². The minimum Gasteiger partial charge on any atom is -0.393 e. The molecule has 2 aliphatic rings. The van der Waals surface area contributed by atoms with Crippen molar-refractivity contribution in [1.82, 2.24) is 10.2 Å². The molecule has 1 aliphatic heterocycles. The highest BCUT2D eigenvalue weighted by Crippen LogP contribution is 2.27. The van der Waals surface area contributed by atoms with Gasteiger partial charge in [-0.05, 0) is 44.7 Å². The second-order valence-electron chi connectivity index (χ2n) is 6.07. The van der Waals surface area contributed by atoms with E-state index in [1.807, 2.05) is 0 Å². The van der Waals surface area contributed by atoms with Gasteiger partial charge in [-0.2, -0.15) is 0 Å². The summed E-state index contributed by atoms with van der Waals surface area (Å²) in [5.74, 6) is 0.799. The molecule has 0 amide bonds. The van der Waals surface area contributed by atoms with Gasteiger partial charge in [-0.15, -0.1) is 0 Å². The fourth-order valence-corrected chi connectivity index (χ4v) is 3.10. The van der Waals surface area contributed by atoms with Gasteiger partial charge in [0.1, 0.15) is 0 Å². The standard InChI is InChI=1S/C15H30N2O3/c1-19-8-9-20-7-6-17(14-10-15(18)11-14)12-13-2-4-16-5-3-13/h13-16,18H,2-12H2,1H3. The Balaban J connectivity index is 1.69. The van der Waals surface area contributed by atoms with Crippen molar-refractivity contribution in [3.8, 4) is 0 Å². The Morgan fingerprint density at radius 3 is 2.55 bits per heavy atom. The van der Waals surface area contributed by atoms with E-state index in [-0.39, 0.29) is 6.10 Å². The summed E-state index contributed by atoms with van der Waals surface area (Å²) >= 11 is 0.